The van der Waals surface area contributed by atoms with Crippen molar-refractivity contribution in [1.82, 2.24) is 9.97 Å². The molecule has 0 aromatic carbocycles. The maximum atomic E-state index is 8.90. The molecule has 0 spiro atoms. The van der Waals surface area contributed by atoms with Gasteiger partial charge < -0.3 is 10.8 Å². The topological polar surface area (TPSA) is 95.9 Å². The van der Waals surface area contributed by atoms with Gasteiger partial charge in [0.1, 0.15) is 11.5 Å². The first-order valence-corrected chi connectivity index (χ1v) is 5.95. The Morgan fingerprint density at radius 1 is 1.62 bits per heavy atom. The highest BCUT2D eigenvalue weighted by Crippen LogP contribution is 2.17. The van der Waals surface area contributed by atoms with Gasteiger partial charge in [0.25, 0.3) is 0 Å². The van der Waals surface area contributed by atoms with E-state index < -0.39 is 0 Å². The van der Waals surface area contributed by atoms with Crippen LogP contribution in [0, 0.1) is 18.3 Å². The van der Waals surface area contributed by atoms with Crippen LogP contribution in [-0.4, -0.2) is 33.3 Å². The maximum Gasteiger partial charge on any atom is 0.188 e. The average Bonchev–Trinajstić information content (AvgIpc) is 2.25. The Morgan fingerprint density at radius 2 is 2.31 bits per heavy atom. The first-order chi connectivity index (χ1) is 7.52. The van der Waals surface area contributed by atoms with Crippen LogP contribution in [0.15, 0.2) is 11.2 Å². The molecule has 0 saturated heterocycles. The Balaban J connectivity index is 2.76. The molecular formula is C10H16N4OS. The molecule has 0 bridgehead atoms. The van der Waals surface area contributed by atoms with Crippen molar-refractivity contribution in [3.63, 3.8) is 0 Å². The molecule has 0 aliphatic rings. The molecule has 1 aromatic rings. The highest BCUT2D eigenvalue weighted by Gasteiger charge is 2.07. The summed E-state index contributed by atoms with van der Waals surface area (Å²) in [4.78, 5) is 8.40. The third-order valence-electron chi connectivity index (χ3n) is 1.92. The molecule has 1 atom stereocenters. The fraction of sp³-hybridized carbons (Fsp3) is 0.500. The Morgan fingerprint density at radius 3 is 2.88 bits per heavy atom. The molecule has 0 aliphatic heterocycles. The fourth-order valence-electron chi connectivity index (χ4n) is 1.01. The Hall–Kier alpha value is -1.14. The van der Waals surface area contributed by atoms with E-state index in [2.05, 4.69) is 9.97 Å². The van der Waals surface area contributed by atoms with Gasteiger partial charge in [-0.05, 0) is 18.9 Å². The number of amidine groups is 1. The molecule has 4 N–H and O–H groups in total. The normalized spacial score (nSPS) is 12.4. The minimum Gasteiger partial charge on any atom is -0.396 e. The van der Waals surface area contributed by atoms with Gasteiger partial charge in [-0.2, -0.15) is 0 Å². The molecule has 1 unspecified atom stereocenters. The first kappa shape index (κ1) is 12.9. The molecule has 1 rings (SSSR count). The van der Waals surface area contributed by atoms with E-state index in [0.29, 0.717) is 10.9 Å². The predicted molar refractivity (Wildman–Crippen MR) is 64.8 cm³/mol. The highest BCUT2D eigenvalue weighted by atomic mass is 32.2. The molecule has 0 fully saturated rings. The summed E-state index contributed by atoms with van der Waals surface area (Å²) in [6.07, 6.45) is 0. The molecule has 1 aromatic heterocycles. The van der Waals surface area contributed by atoms with Gasteiger partial charge in [-0.25, -0.2) is 9.97 Å². The van der Waals surface area contributed by atoms with E-state index in [1.54, 1.807) is 6.07 Å². The average molecular weight is 240 g/mol. The van der Waals surface area contributed by atoms with Gasteiger partial charge in [-0.1, -0.05) is 18.7 Å². The van der Waals surface area contributed by atoms with Gasteiger partial charge in [-0.3, -0.25) is 5.41 Å². The molecule has 88 valence electrons. The predicted octanol–water partition coefficient (Wildman–Crippen LogP) is 0.790. The van der Waals surface area contributed by atoms with Crippen molar-refractivity contribution in [2.24, 2.45) is 11.7 Å². The molecule has 16 heavy (non-hydrogen) atoms. The fourth-order valence-corrected chi connectivity index (χ4v) is 1.92. The van der Waals surface area contributed by atoms with Crippen LogP contribution in [0.25, 0.3) is 0 Å². The van der Waals surface area contributed by atoms with Gasteiger partial charge in [-0.15, -0.1) is 0 Å². The van der Waals surface area contributed by atoms with Gasteiger partial charge in [0.15, 0.2) is 5.16 Å². The molecule has 0 amide bonds. The summed E-state index contributed by atoms with van der Waals surface area (Å²) >= 11 is 1.46. The van der Waals surface area contributed by atoms with Crippen molar-refractivity contribution in [2.45, 2.75) is 19.0 Å². The number of nitrogens with one attached hydrogen (secondary N) is 1. The van der Waals surface area contributed by atoms with E-state index in [-0.39, 0.29) is 18.4 Å². The molecule has 0 saturated carbocycles. The van der Waals surface area contributed by atoms with Crippen molar-refractivity contribution < 1.29 is 5.11 Å². The smallest absolute Gasteiger partial charge is 0.188 e. The number of aliphatic hydroxyl groups excluding tert-OH is 1. The lowest BCUT2D eigenvalue weighted by Gasteiger charge is -2.07. The molecule has 0 aliphatic carbocycles. The number of rotatable bonds is 5. The van der Waals surface area contributed by atoms with Crippen LogP contribution in [-0.2, 0) is 0 Å². The van der Waals surface area contributed by atoms with Crippen LogP contribution in [0.4, 0.5) is 0 Å². The van der Waals surface area contributed by atoms with Gasteiger partial charge >= 0.3 is 0 Å². The molecule has 5 nitrogen and oxygen atoms in total. The SMILES string of the molecule is Cc1cc(C(=N)N)nc(SCC(C)CO)n1. The number of aliphatic hydroxyl groups is 1. The van der Waals surface area contributed by atoms with Crippen LogP contribution in [0.5, 0.6) is 0 Å². The van der Waals surface area contributed by atoms with E-state index in [1.165, 1.54) is 11.8 Å². The maximum absolute atomic E-state index is 8.90. The molecule has 0 radical (unpaired) electrons. The monoisotopic (exact) mass is 240 g/mol. The van der Waals surface area contributed by atoms with E-state index in [1.807, 2.05) is 13.8 Å². The van der Waals surface area contributed by atoms with Crippen molar-refractivity contribution >= 4 is 17.6 Å². The van der Waals surface area contributed by atoms with Crippen LogP contribution >= 0.6 is 11.8 Å². The van der Waals surface area contributed by atoms with Crippen LogP contribution in [0.1, 0.15) is 18.3 Å². The lowest BCUT2D eigenvalue weighted by atomic mass is 10.2. The van der Waals surface area contributed by atoms with Crippen LogP contribution < -0.4 is 5.73 Å². The summed E-state index contributed by atoms with van der Waals surface area (Å²) in [7, 11) is 0. The standard InChI is InChI=1S/C10H16N4OS/c1-6(4-15)5-16-10-13-7(2)3-8(14-10)9(11)12/h3,6,15H,4-5H2,1-2H3,(H3,11,12). The van der Waals surface area contributed by atoms with Gasteiger partial charge in [0, 0.05) is 18.1 Å². The lowest BCUT2D eigenvalue weighted by Crippen LogP contribution is -2.14. The highest BCUT2D eigenvalue weighted by molar-refractivity contribution is 7.99. The number of hydrogen-bond acceptors (Lipinski definition) is 5. The number of aromatic nitrogens is 2. The van der Waals surface area contributed by atoms with Gasteiger partial charge in [0.2, 0.25) is 0 Å². The third kappa shape index (κ3) is 3.79. The number of thioether (sulfide) groups is 1. The quantitative estimate of drug-likeness (QED) is 0.306. The number of hydrogen-bond donors (Lipinski definition) is 3. The van der Waals surface area contributed by atoms with Crippen molar-refractivity contribution in [3.05, 3.63) is 17.5 Å². The summed E-state index contributed by atoms with van der Waals surface area (Å²) in [5.74, 6) is 0.898. The van der Waals surface area contributed by atoms with Crippen molar-refractivity contribution in [2.75, 3.05) is 12.4 Å². The summed E-state index contributed by atoms with van der Waals surface area (Å²) in [6.45, 7) is 3.95. The van der Waals surface area contributed by atoms with Gasteiger partial charge in [0.05, 0.1) is 0 Å². The zero-order valence-corrected chi connectivity index (χ0v) is 10.2. The number of nitrogen functional groups attached to an aromatic ring is 1. The van der Waals surface area contributed by atoms with E-state index >= 15 is 0 Å². The van der Waals surface area contributed by atoms with E-state index in [4.69, 9.17) is 16.2 Å². The lowest BCUT2D eigenvalue weighted by molar-refractivity contribution is 0.250. The first-order valence-electron chi connectivity index (χ1n) is 4.96. The van der Waals surface area contributed by atoms with Crippen LogP contribution in [0.2, 0.25) is 0 Å². The zero-order valence-electron chi connectivity index (χ0n) is 9.40. The van der Waals surface area contributed by atoms with Crippen LogP contribution in [0.3, 0.4) is 0 Å². The van der Waals surface area contributed by atoms with E-state index in [9.17, 15) is 0 Å². The second-order valence-corrected chi connectivity index (χ2v) is 4.68. The summed E-state index contributed by atoms with van der Waals surface area (Å²) in [6, 6.07) is 1.68. The largest absolute Gasteiger partial charge is 0.396 e. The van der Waals surface area contributed by atoms with Crippen molar-refractivity contribution in [3.8, 4) is 0 Å². The summed E-state index contributed by atoms with van der Waals surface area (Å²) in [5, 5.41) is 16.8. The Labute approximate surface area is 99.0 Å². The number of nitrogens with zero attached hydrogens (tertiary/aromatic N) is 2. The molecule has 6 heteroatoms. The number of aryl methyl sites for hydroxylation is 1. The second-order valence-electron chi connectivity index (χ2n) is 3.69. The summed E-state index contributed by atoms with van der Waals surface area (Å²) in [5.41, 5.74) is 6.62. The molecular weight excluding hydrogens is 224 g/mol. The van der Waals surface area contributed by atoms with E-state index in [0.717, 1.165) is 11.4 Å². The second kappa shape index (κ2) is 5.81. The Kier molecular flexibility index (Phi) is 4.70. The Bertz CT molecular complexity index is 383. The third-order valence-corrected chi connectivity index (χ3v) is 3.09. The minimum absolute atomic E-state index is 0.0532. The minimum atomic E-state index is -0.0532. The van der Waals surface area contributed by atoms with Crippen molar-refractivity contribution in [1.29, 1.82) is 5.41 Å². The zero-order chi connectivity index (χ0) is 12.1. The molecule has 1 heterocycles. The number of nitrogens with two attached hydrogens (primary N) is 1. The summed E-state index contributed by atoms with van der Waals surface area (Å²) < 4.78 is 0.